The van der Waals surface area contributed by atoms with Crippen molar-refractivity contribution >= 4 is 17.6 Å². The number of carbonyl (C=O) groups is 2. The van der Waals surface area contributed by atoms with Crippen LogP contribution in [0, 0.1) is 16.0 Å². The summed E-state index contributed by atoms with van der Waals surface area (Å²) in [5.41, 5.74) is -0.150. The van der Waals surface area contributed by atoms with E-state index in [2.05, 4.69) is 5.32 Å². The first-order chi connectivity index (χ1) is 9.92. The van der Waals surface area contributed by atoms with Crippen LogP contribution in [-0.2, 0) is 4.79 Å². The van der Waals surface area contributed by atoms with Crippen LogP contribution in [0.1, 0.15) is 23.2 Å². The maximum atomic E-state index is 12.0. The fraction of sp³-hybridized carbons (Fsp3) is 0.385. The van der Waals surface area contributed by atoms with E-state index >= 15 is 0 Å². The van der Waals surface area contributed by atoms with Crippen LogP contribution in [0.5, 0.6) is 5.75 Å². The Hall–Kier alpha value is -2.64. The Morgan fingerprint density at radius 1 is 1.43 bits per heavy atom. The summed E-state index contributed by atoms with van der Waals surface area (Å²) in [7, 11) is 1.31. The molecule has 0 heterocycles. The molecule has 0 bridgehead atoms. The predicted octanol–water partition coefficient (Wildman–Crippen LogP) is 1.20. The average molecular weight is 294 g/mol. The lowest BCUT2D eigenvalue weighted by Gasteiger charge is -2.32. The normalized spacial score (nSPS) is 20.2. The number of rotatable bonds is 5. The fourth-order valence-electron chi connectivity index (χ4n) is 2.18. The molecule has 112 valence electrons. The minimum Gasteiger partial charge on any atom is -0.490 e. The highest BCUT2D eigenvalue weighted by Crippen LogP contribution is 2.29. The molecule has 1 aromatic carbocycles. The van der Waals surface area contributed by atoms with Gasteiger partial charge in [-0.15, -0.1) is 0 Å². The number of methoxy groups -OCH3 is 1. The van der Waals surface area contributed by atoms with Crippen LogP contribution in [0.2, 0.25) is 0 Å². The third-order valence-corrected chi connectivity index (χ3v) is 3.46. The maximum absolute atomic E-state index is 12.0. The van der Waals surface area contributed by atoms with Crippen molar-refractivity contribution in [1.29, 1.82) is 0 Å². The summed E-state index contributed by atoms with van der Waals surface area (Å²) in [4.78, 5) is 32.9. The third kappa shape index (κ3) is 3.10. The van der Waals surface area contributed by atoms with Gasteiger partial charge in [0.15, 0.2) is 5.75 Å². The van der Waals surface area contributed by atoms with Crippen molar-refractivity contribution in [3.8, 4) is 5.75 Å². The number of benzene rings is 1. The number of nitro groups is 1. The minimum absolute atomic E-state index is 0.0751. The molecular formula is C13H14N2O6. The quantitative estimate of drug-likeness (QED) is 0.622. The highest BCUT2D eigenvalue weighted by Gasteiger charge is 2.35. The summed E-state index contributed by atoms with van der Waals surface area (Å²) in [6.45, 7) is 0. The molecule has 1 aliphatic rings. The first kappa shape index (κ1) is 14.8. The van der Waals surface area contributed by atoms with Crippen molar-refractivity contribution < 1.29 is 24.4 Å². The zero-order valence-electron chi connectivity index (χ0n) is 11.2. The van der Waals surface area contributed by atoms with E-state index in [9.17, 15) is 19.7 Å². The lowest BCUT2D eigenvalue weighted by Crippen LogP contribution is -2.46. The standard InChI is InChI=1S/C13H14N2O6/c1-21-11-3-2-7(6-10(11)15(19)20)12(16)14-9-4-8(5-9)13(17)18/h2-3,6,8-9H,4-5H2,1H3,(H,14,16)(H,17,18). The van der Waals surface area contributed by atoms with Crippen LogP contribution < -0.4 is 10.1 Å². The smallest absolute Gasteiger partial charge is 0.311 e. The summed E-state index contributed by atoms with van der Waals surface area (Å²) < 4.78 is 4.86. The molecule has 1 fully saturated rings. The molecule has 2 rings (SSSR count). The molecule has 0 unspecified atom stereocenters. The van der Waals surface area contributed by atoms with Gasteiger partial charge in [0.25, 0.3) is 5.91 Å². The van der Waals surface area contributed by atoms with Crippen molar-refractivity contribution in [3.05, 3.63) is 33.9 Å². The highest BCUT2D eigenvalue weighted by atomic mass is 16.6. The SMILES string of the molecule is COc1ccc(C(=O)NC2CC(C(=O)O)C2)cc1[N+](=O)[O-]. The molecule has 2 N–H and O–H groups in total. The number of nitrogens with one attached hydrogen (secondary N) is 1. The van der Waals surface area contributed by atoms with Crippen LogP contribution in [0.4, 0.5) is 5.69 Å². The van der Waals surface area contributed by atoms with E-state index < -0.39 is 22.7 Å². The Morgan fingerprint density at radius 3 is 2.62 bits per heavy atom. The molecular weight excluding hydrogens is 280 g/mol. The summed E-state index contributed by atoms with van der Waals surface area (Å²) >= 11 is 0. The van der Waals surface area contributed by atoms with E-state index in [-0.39, 0.29) is 23.0 Å². The molecule has 8 heteroatoms. The molecule has 0 saturated heterocycles. The van der Waals surface area contributed by atoms with Gasteiger partial charge in [-0.1, -0.05) is 0 Å². The van der Waals surface area contributed by atoms with Gasteiger partial charge >= 0.3 is 11.7 Å². The van der Waals surface area contributed by atoms with Crippen molar-refractivity contribution in [3.63, 3.8) is 0 Å². The Kier molecular flexibility index (Phi) is 4.06. The monoisotopic (exact) mass is 294 g/mol. The number of hydrogen-bond acceptors (Lipinski definition) is 5. The molecule has 0 aromatic heterocycles. The molecule has 0 aliphatic heterocycles. The van der Waals surface area contributed by atoms with Gasteiger partial charge in [0.05, 0.1) is 18.0 Å². The summed E-state index contributed by atoms with van der Waals surface area (Å²) in [5, 5.41) is 22.3. The van der Waals surface area contributed by atoms with Crippen molar-refractivity contribution in [1.82, 2.24) is 5.32 Å². The average Bonchev–Trinajstić information content (AvgIpc) is 2.40. The van der Waals surface area contributed by atoms with Gasteiger partial charge in [-0.3, -0.25) is 19.7 Å². The number of hydrogen-bond donors (Lipinski definition) is 2. The highest BCUT2D eigenvalue weighted by molar-refractivity contribution is 5.95. The number of aliphatic carboxylic acids is 1. The first-order valence-corrected chi connectivity index (χ1v) is 6.28. The minimum atomic E-state index is -0.874. The van der Waals surface area contributed by atoms with Crippen molar-refractivity contribution in [2.45, 2.75) is 18.9 Å². The van der Waals surface area contributed by atoms with E-state index in [1.807, 2.05) is 0 Å². The van der Waals surface area contributed by atoms with Gasteiger partial charge in [-0.25, -0.2) is 0 Å². The molecule has 1 amide bonds. The van der Waals surface area contributed by atoms with Crippen LogP contribution in [0.3, 0.4) is 0 Å². The van der Waals surface area contributed by atoms with Gasteiger partial charge in [0.2, 0.25) is 0 Å². The number of carboxylic acids is 1. The Balaban J connectivity index is 2.05. The van der Waals surface area contributed by atoms with Gasteiger partial charge in [0, 0.05) is 17.7 Å². The van der Waals surface area contributed by atoms with Gasteiger partial charge < -0.3 is 15.2 Å². The molecule has 21 heavy (non-hydrogen) atoms. The summed E-state index contributed by atoms with van der Waals surface area (Å²) in [6.07, 6.45) is 0.749. The fourth-order valence-corrected chi connectivity index (χ4v) is 2.18. The van der Waals surface area contributed by atoms with Crippen LogP contribution >= 0.6 is 0 Å². The van der Waals surface area contributed by atoms with Crippen molar-refractivity contribution in [2.75, 3.05) is 7.11 Å². The number of amides is 1. The summed E-state index contributed by atoms with van der Waals surface area (Å²) in [6, 6.07) is 3.71. The third-order valence-electron chi connectivity index (χ3n) is 3.46. The molecule has 1 aliphatic carbocycles. The summed E-state index contributed by atoms with van der Waals surface area (Å²) in [5.74, 6) is -1.69. The van der Waals surface area contributed by atoms with E-state index in [1.165, 1.54) is 19.2 Å². The van der Waals surface area contributed by atoms with Crippen LogP contribution in [0.25, 0.3) is 0 Å². The number of nitro benzene ring substituents is 1. The van der Waals surface area contributed by atoms with Crippen molar-refractivity contribution in [2.24, 2.45) is 5.92 Å². The van der Waals surface area contributed by atoms with E-state index in [0.29, 0.717) is 12.8 Å². The van der Waals surface area contributed by atoms with Crippen LogP contribution in [0.15, 0.2) is 18.2 Å². The van der Waals surface area contributed by atoms with Crippen LogP contribution in [-0.4, -0.2) is 35.1 Å². The Morgan fingerprint density at radius 2 is 2.10 bits per heavy atom. The lowest BCUT2D eigenvalue weighted by atomic mass is 9.80. The first-order valence-electron chi connectivity index (χ1n) is 6.28. The molecule has 0 radical (unpaired) electrons. The number of ether oxygens (including phenoxy) is 1. The van der Waals surface area contributed by atoms with E-state index in [0.717, 1.165) is 6.07 Å². The predicted molar refractivity (Wildman–Crippen MR) is 71.3 cm³/mol. The Labute approximate surface area is 119 Å². The second-order valence-electron chi connectivity index (χ2n) is 4.82. The molecule has 0 atom stereocenters. The van der Waals surface area contributed by atoms with Gasteiger partial charge in [-0.05, 0) is 25.0 Å². The second kappa shape index (κ2) is 5.78. The molecule has 1 aromatic rings. The molecule has 1 saturated carbocycles. The van der Waals surface area contributed by atoms with E-state index in [4.69, 9.17) is 9.84 Å². The van der Waals surface area contributed by atoms with Gasteiger partial charge in [-0.2, -0.15) is 0 Å². The zero-order chi connectivity index (χ0) is 15.6. The molecule has 8 nitrogen and oxygen atoms in total. The molecule has 0 spiro atoms. The lowest BCUT2D eigenvalue weighted by molar-refractivity contribution is -0.385. The number of nitrogens with zero attached hydrogens (tertiary/aromatic N) is 1. The topological polar surface area (TPSA) is 119 Å². The largest absolute Gasteiger partial charge is 0.490 e. The maximum Gasteiger partial charge on any atom is 0.311 e. The van der Waals surface area contributed by atoms with E-state index in [1.54, 1.807) is 0 Å². The number of carbonyl (C=O) groups excluding carboxylic acids is 1. The number of carboxylic acid groups (broad SMARTS) is 1. The second-order valence-corrected chi connectivity index (χ2v) is 4.82. The zero-order valence-corrected chi connectivity index (χ0v) is 11.2. The van der Waals surface area contributed by atoms with Gasteiger partial charge in [0.1, 0.15) is 0 Å². The Bertz CT molecular complexity index is 594.